The number of aliphatic carboxylic acids is 2. The van der Waals surface area contributed by atoms with Gasteiger partial charge in [0.1, 0.15) is 28.7 Å². The van der Waals surface area contributed by atoms with E-state index in [0.29, 0.717) is 5.56 Å². The zero-order valence-corrected chi connectivity index (χ0v) is 16.5. The molecule has 0 aliphatic carbocycles. The molecule has 156 valence electrons. The van der Waals surface area contributed by atoms with E-state index in [1.807, 2.05) is 19.1 Å². The van der Waals surface area contributed by atoms with E-state index in [1.54, 1.807) is 12.1 Å². The summed E-state index contributed by atoms with van der Waals surface area (Å²) in [7, 11) is 0. The maximum absolute atomic E-state index is 13.2. The van der Waals surface area contributed by atoms with Gasteiger partial charge in [0.05, 0.1) is 5.56 Å². The van der Waals surface area contributed by atoms with Crippen molar-refractivity contribution >= 4 is 22.9 Å². The van der Waals surface area contributed by atoms with E-state index in [-0.39, 0.29) is 28.0 Å². The topological polar surface area (TPSA) is 123 Å². The minimum atomic E-state index is -1.26. The first-order valence-electron chi connectivity index (χ1n) is 9.13. The fourth-order valence-corrected chi connectivity index (χ4v) is 2.78. The second-order valence-corrected chi connectivity index (χ2v) is 6.84. The Morgan fingerprint density at radius 3 is 2.17 bits per heavy atom. The molecule has 0 saturated carbocycles. The van der Waals surface area contributed by atoms with Crippen LogP contribution in [0.1, 0.15) is 19.4 Å². The first-order chi connectivity index (χ1) is 14.2. The van der Waals surface area contributed by atoms with Crippen LogP contribution in [0.2, 0.25) is 0 Å². The normalized spacial score (nSPS) is 12.9. The molecule has 2 N–H and O–H groups in total. The molecule has 0 unspecified atom stereocenters. The van der Waals surface area contributed by atoms with E-state index in [4.69, 9.17) is 19.0 Å². The van der Waals surface area contributed by atoms with Crippen LogP contribution in [-0.2, 0) is 9.59 Å². The second kappa shape index (κ2) is 8.28. The maximum atomic E-state index is 13.2. The highest BCUT2D eigenvalue weighted by Gasteiger charge is 2.21. The Hall–Kier alpha value is -3.81. The molecule has 1 heterocycles. The Balaban J connectivity index is 2.19. The molecule has 0 spiro atoms. The molecule has 30 heavy (non-hydrogen) atoms. The average Bonchev–Trinajstić information content (AvgIpc) is 2.68. The van der Waals surface area contributed by atoms with Crippen molar-refractivity contribution in [1.82, 2.24) is 0 Å². The highest BCUT2D eigenvalue weighted by Crippen LogP contribution is 2.32. The molecule has 0 aliphatic rings. The lowest BCUT2D eigenvalue weighted by Gasteiger charge is -2.16. The van der Waals surface area contributed by atoms with Crippen LogP contribution < -0.4 is 14.9 Å². The van der Waals surface area contributed by atoms with Crippen LogP contribution in [-0.4, -0.2) is 34.4 Å². The molecule has 0 amide bonds. The summed E-state index contributed by atoms with van der Waals surface area (Å²) in [4.78, 5) is 35.6. The molecule has 1 aromatic heterocycles. The van der Waals surface area contributed by atoms with Crippen molar-refractivity contribution in [3.05, 3.63) is 58.4 Å². The number of hydrogen-bond donors (Lipinski definition) is 2. The minimum absolute atomic E-state index is 0.0384. The third-order valence-electron chi connectivity index (χ3n) is 4.49. The van der Waals surface area contributed by atoms with E-state index in [2.05, 4.69) is 0 Å². The summed E-state index contributed by atoms with van der Waals surface area (Å²) >= 11 is 0. The average molecular weight is 412 g/mol. The number of carboxylic acids is 2. The van der Waals surface area contributed by atoms with Gasteiger partial charge in [0.25, 0.3) is 0 Å². The molecule has 0 bridgehead atoms. The predicted octanol–water partition coefficient (Wildman–Crippen LogP) is 3.47. The zero-order valence-electron chi connectivity index (χ0n) is 16.5. The fraction of sp³-hybridized carbons (Fsp3) is 0.227. The zero-order chi connectivity index (χ0) is 22.0. The molecule has 2 atom stereocenters. The number of rotatable bonds is 7. The van der Waals surface area contributed by atoms with Crippen molar-refractivity contribution in [3.8, 4) is 22.6 Å². The Kier molecular flexibility index (Phi) is 5.77. The van der Waals surface area contributed by atoms with Crippen molar-refractivity contribution in [2.45, 2.75) is 33.0 Å². The number of fused-ring (bicyclic) bond motifs is 1. The van der Waals surface area contributed by atoms with E-state index < -0.39 is 29.6 Å². The lowest BCUT2D eigenvalue weighted by Crippen LogP contribution is -2.24. The number of aryl methyl sites for hydroxylation is 1. The van der Waals surface area contributed by atoms with Crippen molar-refractivity contribution in [2.75, 3.05) is 0 Å². The van der Waals surface area contributed by atoms with E-state index in [1.165, 1.54) is 32.2 Å². The monoisotopic (exact) mass is 412 g/mol. The number of hydrogen-bond acceptors (Lipinski definition) is 6. The molecule has 0 saturated heterocycles. The molecule has 3 aromatic rings. The third-order valence-corrected chi connectivity index (χ3v) is 4.49. The van der Waals surface area contributed by atoms with Crippen LogP contribution in [0, 0.1) is 6.92 Å². The maximum Gasteiger partial charge on any atom is 0.344 e. The number of carboxylic acid groups (broad SMARTS) is 2. The first-order valence-corrected chi connectivity index (χ1v) is 9.13. The van der Waals surface area contributed by atoms with Gasteiger partial charge < -0.3 is 24.1 Å². The van der Waals surface area contributed by atoms with Crippen LogP contribution in [0.4, 0.5) is 0 Å². The van der Waals surface area contributed by atoms with Gasteiger partial charge in [-0.15, -0.1) is 0 Å². The molecule has 0 radical (unpaired) electrons. The smallest absolute Gasteiger partial charge is 0.344 e. The predicted molar refractivity (Wildman–Crippen MR) is 108 cm³/mol. The Morgan fingerprint density at radius 1 is 0.967 bits per heavy atom. The fourth-order valence-electron chi connectivity index (χ4n) is 2.78. The number of carbonyl (C=O) groups is 2. The van der Waals surface area contributed by atoms with Crippen LogP contribution in [0.15, 0.2) is 51.9 Å². The largest absolute Gasteiger partial charge is 0.479 e. The molecule has 8 nitrogen and oxygen atoms in total. The van der Waals surface area contributed by atoms with Gasteiger partial charge in [-0.3, -0.25) is 4.79 Å². The Labute approximate surface area is 171 Å². The van der Waals surface area contributed by atoms with Gasteiger partial charge in [0.15, 0.2) is 12.2 Å². The van der Waals surface area contributed by atoms with Gasteiger partial charge in [0.2, 0.25) is 5.43 Å². The molecular formula is C22H20O8. The molecule has 3 rings (SSSR count). The molecule has 8 heteroatoms. The summed E-state index contributed by atoms with van der Waals surface area (Å²) in [6.07, 6.45) is -1.14. The van der Waals surface area contributed by atoms with Crippen LogP contribution in [0.3, 0.4) is 0 Å². The van der Waals surface area contributed by atoms with Gasteiger partial charge in [-0.2, -0.15) is 0 Å². The summed E-state index contributed by atoms with van der Waals surface area (Å²) in [5.41, 5.74) is 1.61. The SMILES string of the molecule is Cc1ccc(-c2coc3cc(O[C@H](C)C(=O)O)cc(O[C@@H](C)C(=O)O)c3c2=O)cc1. The summed E-state index contributed by atoms with van der Waals surface area (Å²) < 4.78 is 16.4. The summed E-state index contributed by atoms with van der Waals surface area (Å²) in [6, 6.07) is 9.92. The lowest BCUT2D eigenvalue weighted by molar-refractivity contribution is -0.144. The van der Waals surface area contributed by atoms with E-state index in [9.17, 15) is 19.5 Å². The number of ether oxygens (including phenoxy) is 2. The van der Waals surface area contributed by atoms with Gasteiger partial charge in [0, 0.05) is 12.1 Å². The summed E-state index contributed by atoms with van der Waals surface area (Å²) in [6.45, 7) is 4.57. The molecular weight excluding hydrogens is 392 g/mol. The van der Waals surface area contributed by atoms with E-state index in [0.717, 1.165) is 5.56 Å². The highest BCUT2D eigenvalue weighted by atomic mass is 16.5. The van der Waals surface area contributed by atoms with Crippen LogP contribution in [0.5, 0.6) is 11.5 Å². The van der Waals surface area contributed by atoms with Crippen molar-refractivity contribution in [1.29, 1.82) is 0 Å². The van der Waals surface area contributed by atoms with Crippen LogP contribution in [0.25, 0.3) is 22.1 Å². The summed E-state index contributed by atoms with van der Waals surface area (Å²) in [5.74, 6) is -2.42. The first kappa shape index (κ1) is 20.9. The van der Waals surface area contributed by atoms with Gasteiger partial charge >= 0.3 is 11.9 Å². The number of benzene rings is 2. The quantitative estimate of drug-likeness (QED) is 0.605. The Bertz CT molecular complexity index is 1160. The van der Waals surface area contributed by atoms with Crippen molar-refractivity contribution in [3.63, 3.8) is 0 Å². The van der Waals surface area contributed by atoms with Gasteiger partial charge in [-0.25, -0.2) is 9.59 Å². The van der Waals surface area contributed by atoms with Gasteiger partial charge in [-0.1, -0.05) is 29.8 Å². The van der Waals surface area contributed by atoms with Crippen molar-refractivity contribution < 1.29 is 33.7 Å². The molecule has 2 aromatic carbocycles. The Morgan fingerprint density at radius 2 is 1.57 bits per heavy atom. The third kappa shape index (κ3) is 4.27. The lowest BCUT2D eigenvalue weighted by atomic mass is 10.0. The molecule has 0 fully saturated rings. The highest BCUT2D eigenvalue weighted by molar-refractivity contribution is 5.89. The van der Waals surface area contributed by atoms with E-state index >= 15 is 0 Å². The summed E-state index contributed by atoms with van der Waals surface area (Å²) in [5, 5.41) is 18.3. The minimum Gasteiger partial charge on any atom is -0.479 e. The standard InChI is InChI=1S/C22H20O8/c1-11-4-6-14(7-5-11)16-10-28-17-8-15(29-12(2)21(24)25)9-18(19(17)20(16)23)30-13(3)22(26)27/h4-10,12-13H,1-3H3,(H,24,25)(H,26,27)/t12-,13+/m1/s1. The van der Waals surface area contributed by atoms with Gasteiger partial charge in [-0.05, 0) is 26.3 Å². The molecule has 0 aliphatic heterocycles. The second-order valence-electron chi connectivity index (χ2n) is 6.84. The van der Waals surface area contributed by atoms with Crippen molar-refractivity contribution in [2.24, 2.45) is 0 Å². The van der Waals surface area contributed by atoms with Crippen LogP contribution >= 0.6 is 0 Å².